The average molecular weight is 313 g/mol. The van der Waals surface area contributed by atoms with Crippen LogP contribution < -0.4 is 0 Å². The van der Waals surface area contributed by atoms with Gasteiger partial charge in [-0.25, -0.2) is 0 Å². The Bertz CT molecular complexity index is 230. The molecule has 1 saturated heterocycles. The summed E-state index contributed by atoms with van der Waals surface area (Å²) in [7, 11) is 0. The van der Waals surface area contributed by atoms with Crippen LogP contribution in [0, 0.1) is 0 Å². The largest absolute Gasteiger partial charge is 0.396 e. The fourth-order valence-electron chi connectivity index (χ4n) is 3.33. The van der Waals surface area contributed by atoms with E-state index < -0.39 is 0 Å². The normalized spacial score (nSPS) is 20.5. The second kappa shape index (κ2) is 14.5. The van der Waals surface area contributed by atoms with Crippen molar-refractivity contribution in [2.45, 2.75) is 122 Å². The van der Waals surface area contributed by atoms with Gasteiger partial charge in [0.1, 0.15) is 0 Å². The molecule has 0 aromatic rings. The molecule has 0 aromatic heterocycles. The average Bonchev–Trinajstić information content (AvgIpc) is 3.27. The summed E-state index contributed by atoms with van der Waals surface area (Å²) >= 11 is 0. The van der Waals surface area contributed by atoms with Crippen LogP contribution in [-0.2, 0) is 4.74 Å². The Labute approximate surface area is 139 Å². The van der Waals surface area contributed by atoms with Crippen LogP contribution in [0.2, 0.25) is 0 Å². The minimum atomic E-state index is 0.362. The van der Waals surface area contributed by atoms with Gasteiger partial charge in [0, 0.05) is 6.61 Å². The van der Waals surface area contributed by atoms with Crippen molar-refractivity contribution in [2.75, 3.05) is 6.61 Å². The van der Waals surface area contributed by atoms with E-state index in [4.69, 9.17) is 9.84 Å². The molecule has 0 amide bonds. The topological polar surface area (TPSA) is 32.8 Å². The molecule has 2 unspecified atom stereocenters. The van der Waals surface area contributed by atoms with Gasteiger partial charge in [0.05, 0.1) is 12.2 Å². The van der Waals surface area contributed by atoms with Crippen LogP contribution in [0.25, 0.3) is 0 Å². The van der Waals surface area contributed by atoms with E-state index in [2.05, 4.69) is 6.92 Å². The van der Waals surface area contributed by atoms with Crippen LogP contribution in [-0.4, -0.2) is 23.9 Å². The van der Waals surface area contributed by atoms with Crippen molar-refractivity contribution in [3.8, 4) is 0 Å². The third-order valence-electron chi connectivity index (χ3n) is 4.93. The molecule has 1 rings (SSSR count). The Kier molecular flexibility index (Phi) is 13.2. The van der Waals surface area contributed by atoms with E-state index in [0.29, 0.717) is 18.8 Å². The number of rotatable bonds is 17. The van der Waals surface area contributed by atoms with Gasteiger partial charge in [0.15, 0.2) is 0 Å². The highest BCUT2D eigenvalue weighted by Gasteiger charge is 2.36. The van der Waals surface area contributed by atoms with Crippen LogP contribution in [0.4, 0.5) is 0 Å². The molecule has 132 valence electrons. The fraction of sp³-hybridized carbons (Fsp3) is 1.00. The third kappa shape index (κ3) is 11.5. The first kappa shape index (κ1) is 20.0. The lowest BCUT2D eigenvalue weighted by Gasteiger charge is -2.01. The molecule has 2 atom stereocenters. The maximum absolute atomic E-state index is 8.71. The van der Waals surface area contributed by atoms with Crippen molar-refractivity contribution in [2.24, 2.45) is 0 Å². The first-order valence-corrected chi connectivity index (χ1v) is 10.1. The number of aliphatic hydroxyl groups excluding tert-OH is 1. The Morgan fingerprint density at radius 3 is 1.45 bits per heavy atom. The maximum atomic E-state index is 8.71. The summed E-state index contributed by atoms with van der Waals surface area (Å²) in [6, 6.07) is 0. The highest BCUT2D eigenvalue weighted by molar-refractivity contribution is 4.84. The molecule has 0 spiro atoms. The summed E-state index contributed by atoms with van der Waals surface area (Å²) in [6.45, 7) is 2.64. The van der Waals surface area contributed by atoms with Gasteiger partial charge in [-0.3, -0.25) is 0 Å². The van der Waals surface area contributed by atoms with Gasteiger partial charge in [-0.2, -0.15) is 0 Å². The molecule has 0 saturated carbocycles. The molecule has 2 heteroatoms. The molecular formula is C20H40O2. The minimum absolute atomic E-state index is 0.362. The predicted octanol–water partition coefficient (Wildman–Crippen LogP) is 6.01. The van der Waals surface area contributed by atoms with Crippen LogP contribution in [0.3, 0.4) is 0 Å². The molecule has 1 aliphatic heterocycles. The SMILES string of the molecule is CCCCCCCCC1OC1CCCCCCCCCCO. The highest BCUT2D eigenvalue weighted by atomic mass is 16.6. The summed E-state index contributed by atoms with van der Waals surface area (Å²) in [6.07, 6.45) is 22.5. The number of hydrogen-bond donors (Lipinski definition) is 1. The molecule has 1 fully saturated rings. The first-order valence-electron chi connectivity index (χ1n) is 10.1. The van der Waals surface area contributed by atoms with Crippen LogP contribution in [0.5, 0.6) is 0 Å². The second-order valence-corrected chi connectivity index (χ2v) is 7.11. The Hall–Kier alpha value is -0.0800. The van der Waals surface area contributed by atoms with Crippen LogP contribution in [0.1, 0.15) is 110 Å². The molecule has 22 heavy (non-hydrogen) atoms. The van der Waals surface area contributed by atoms with Crippen LogP contribution in [0.15, 0.2) is 0 Å². The number of aliphatic hydroxyl groups is 1. The smallest absolute Gasteiger partial charge is 0.0841 e. The van der Waals surface area contributed by atoms with E-state index >= 15 is 0 Å². The number of hydrogen-bond acceptors (Lipinski definition) is 2. The van der Waals surface area contributed by atoms with Crippen LogP contribution >= 0.6 is 0 Å². The van der Waals surface area contributed by atoms with Crippen molar-refractivity contribution in [3.05, 3.63) is 0 Å². The van der Waals surface area contributed by atoms with Crippen molar-refractivity contribution in [1.29, 1.82) is 0 Å². The van der Waals surface area contributed by atoms with E-state index in [1.54, 1.807) is 0 Å². The number of epoxide rings is 1. The lowest BCUT2D eigenvalue weighted by molar-refractivity contribution is 0.282. The van der Waals surface area contributed by atoms with Crippen molar-refractivity contribution in [1.82, 2.24) is 0 Å². The van der Waals surface area contributed by atoms with Crippen molar-refractivity contribution >= 4 is 0 Å². The van der Waals surface area contributed by atoms with E-state index in [-0.39, 0.29) is 0 Å². The molecule has 1 aliphatic rings. The maximum Gasteiger partial charge on any atom is 0.0841 e. The Morgan fingerprint density at radius 2 is 1.00 bits per heavy atom. The molecule has 2 nitrogen and oxygen atoms in total. The van der Waals surface area contributed by atoms with Gasteiger partial charge in [-0.1, -0.05) is 90.4 Å². The number of unbranched alkanes of at least 4 members (excludes halogenated alkanes) is 12. The lowest BCUT2D eigenvalue weighted by atomic mass is 10.0. The monoisotopic (exact) mass is 312 g/mol. The van der Waals surface area contributed by atoms with E-state index in [1.807, 2.05) is 0 Å². The molecule has 0 radical (unpaired) electrons. The number of ether oxygens (including phenoxy) is 1. The predicted molar refractivity (Wildman–Crippen MR) is 95.3 cm³/mol. The zero-order valence-electron chi connectivity index (χ0n) is 15.0. The van der Waals surface area contributed by atoms with Gasteiger partial charge >= 0.3 is 0 Å². The van der Waals surface area contributed by atoms with Gasteiger partial charge < -0.3 is 9.84 Å². The summed E-state index contributed by atoms with van der Waals surface area (Å²) in [5.41, 5.74) is 0. The lowest BCUT2D eigenvalue weighted by Crippen LogP contribution is -1.94. The van der Waals surface area contributed by atoms with Gasteiger partial charge in [-0.05, 0) is 19.3 Å². The Balaban J connectivity index is 1.73. The third-order valence-corrected chi connectivity index (χ3v) is 4.93. The molecule has 1 N–H and O–H groups in total. The molecule has 0 aliphatic carbocycles. The van der Waals surface area contributed by atoms with Crippen molar-refractivity contribution < 1.29 is 9.84 Å². The molecular weight excluding hydrogens is 272 g/mol. The van der Waals surface area contributed by atoms with E-state index in [0.717, 1.165) is 6.42 Å². The van der Waals surface area contributed by atoms with Gasteiger partial charge in [0.2, 0.25) is 0 Å². The van der Waals surface area contributed by atoms with Gasteiger partial charge in [-0.15, -0.1) is 0 Å². The second-order valence-electron chi connectivity index (χ2n) is 7.11. The first-order chi connectivity index (χ1) is 10.9. The molecule has 0 bridgehead atoms. The van der Waals surface area contributed by atoms with Crippen molar-refractivity contribution in [3.63, 3.8) is 0 Å². The zero-order chi connectivity index (χ0) is 15.9. The quantitative estimate of drug-likeness (QED) is 0.263. The minimum Gasteiger partial charge on any atom is -0.396 e. The summed E-state index contributed by atoms with van der Waals surface area (Å²) in [5, 5.41) is 8.71. The van der Waals surface area contributed by atoms with E-state index in [9.17, 15) is 0 Å². The highest BCUT2D eigenvalue weighted by Crippen LogP contribution is 2.31. The zero-order valence-corrected chi connectivity index (χ0v) is 15.0. The summed E-state index contributed by atoms with van der Waals surface area (Å²) in [4.78, 5) is 0. The summed E-state index contributed by atoms with van der Waals surface area (Å²) < 4.78 is 5.79. The van der Waals surface area contributed by atoms with Gasteiger partial charge in [0.25, 0.3) is 0 Å². The standard InChI is InChI=1S/C20H40O2/c1-2-3-4-5-10-13-16-19-20(22-19)17-14-11-8-6-7-9-12-15-18-21/h19-21H,2-18H2,1H3. The fourth-order valence-corrected chi connectivity index (χ4v) is 3.33. The molecule has 0 aromatic carbocycles. The summed E-state index contributed by atoms with van der Waals surface area (Å²) in [5.74, 6) is 0. The molecule has 1 heterocycles. The van der Waals surface area contributed by atoms with E-state index in [1.165, 1.54) is 96.3 Å². The Morgan fingerprint density at radius 1 is 0.591 bits per heavy atom.